The van der Waals surface area contributed by atoms with Crippen LogP contribution in [0.2, 0.25) is 0 Å². The molecule has 0 aliphatic carbocycles. The normalized spacial score (nSPS) is 15.2. The summed E-state index contributed by atoms with van der Waals surface area (Å²) in [5.41, 5.74) is 2.59. The maximum Gasteiger partial charge on any atom is 0.255 e. The Morgan fingerprint density at radius 3 is 2.60 bits per heavy atom. The smallest absolute Gasteiger partial charge is 0.255 e. The van der Waals surface area contributed by atoms with Gasteiger partial charge in [0.25, 0.3) is 5.91 Å². The third kappa shape index (κ3) is 4.17. The zero-order valence-corrected chi connectivity index (χ0v) is 14.6. The van der Waals surface area contributed by atoms with Gasteiger partial charge in [-0.15, -0.1) is 0 Å². The van der Waals surface area contributed by atoms with E-state index in [1.807, 2.05) is 36.4 Å². The topological polar surface area (TPSA) is 65.5 Å². The summed E-state index contributed by atoms with van der Waals surface area (Å²) in [5, 5.41) is 12.3. The molecule has 2 heterocycles. The fourth-order valence-corrected chi connectivity index (χ4v) is 3.16. The van der Waals surface area contributed by atoms with Gasteiger partial charge in [-0.3, -0.25) is 4.79 Å². The molecule has 1 aromatic carbocycles. The molecule has 2 aromatic rings. The molecule has 2 N–H and O–H groups in total. The van der Waals surface area contributed by atoms with Crippen LogP contribution >= 0.6 is 0 Å². The van der Waals surface area contributed by atoms with Crippen molar-refractivity contribution in [3.63, 3.8) is 0 Å². The minimum Gasteiger partial charge on any atom is -0.396 e. The quantitative estimate of drug-likeness (QED) is 0.878. The van der Waals surface area contributed by atoms with E-state index in [1.54, 1.807) is 6.20 Å². The highest BCUT2D eigenvalue weighted by Gasteiger charge is 2.22. The summed E-state index contributed by atoms with van der Waals surface area (Å²) >= 11 is 0. The number of anilines is 2. The van der Waals surface area contributed by atoms with Crippen molar-refractivity contribution in [1.82, 2.24) is 4.98 Å². The van der Waals surface area contributed by atoms with Crippen molar-refractivity contribution in [2.45, 2.75) is 26.2 Å². The number of aliphatic hydroxyl groups excluding tert-OH is 1. The van der Waals surface area contributed by atoms with Crippen molar-refractivity contribution in [2.75, 3.05) is 29.9 Å². The van der Waals surface area contributed by atoms with Gasteiger partial charge in [0.2, 0.25) is 0 Å². The summed E-state index contributed by atoms with van der Waals surface area (Å²) in [6.07, 6.45) is 4.59. The van der Waals surface area contributed by atoms with E-state index in [0.29, 0.717) is 11.5 Å². The number of aromatic nitrogens is 1. The molecule has 0 saturated carbocycles. The summed E-state index contributed by atoms with van der Waals surface area (Å²) < 4.78 is 0. The number of carbonyl (C=O) groups is 1. The van der Waals surface area contributed by atoms with Crippen LogP contribution in [-0.2, 0) is 6.42 Å². The number of carbonyl (C=O) groups excluding carboxylic acids is 1. The molecular formula is C20H25N3O2. The lowest BCUT2D eigenvalue weighted by molar-refractivity contribution is 0.102. The van der Waals surface area contributed by atoms with Gasteiger partial charge in [0.15, 0.2) is 5.82 Å². The van der Waals surface area contributed by atoms with E-state index in [1.165, 1.54) is 5.56 Å². The average molecular weight is 339 g/mol. The van der Waals surface area contributed by atoms with E-state index in [9.17, 15) is 9.90 Å². The highest BCUT2D eigenvalue weighted by Crippen LogP contribution is 2.28. The lowest BCUT2D eigenvalue weighted by atomic mass is 9.98. The van der Waals surface area contributed by atoms with Gasteiger partial charge in [-0.1, -0.05) is 19.1 Å². The number of nitrogens with zero attached hydrogens (tertiary/aromatic N) is 2. The summed E-state index contributed by atoms with van der Waals surface area (Å²) in [5.74, 6) is 1.05. The second kappa shape index (κ2) is 8.12. The molecule has 3 rings (SSSR count). The van der Waals surface area contributed by atoms with E-state index in [0.717, 1.165) is 43.9 Å². The van der Waals surface area contributed by atoms with Crippen molar-refractivity contribution in [3.8, 4) is 0 Å². The van der Waals surface area contributed by atoms with Gasteiger partial charge in [0.05, 0.1) is 5.69 Å². The summed E-state index contributed by atoms with van der Waals surface area (Å²) in [4.78, 5) is 19.2. The van der Waals surface area contributed by atoms with Gasteiger partial charge in [0.1, 0.15) is 0 Å². The molecule has 1 aliphatic heterocycles. The third-order valence-corrected chi connectivity index (χ3v) is 4.83. The van der Waals surface area contributed by atoms with Crippen LogP contribution in [0.3, 0.4) is 0 Å². The lowest BCUT2D eigenvalue weighted by Gasteiger charge is -2.33. The van der Waals surface area contributed by atoms with Crippen LogP contribution in [0.25, 0.3) is 0 Å². The lowest BCUT2D eigenvalue weighted by Crippen LogP contribution is -2.35. The maximum absolute atomic E-state index is 12.6. The molecular weight excluding hydrogens is 314 g/mol. The number of rotatable bonds is 5. The van der Waals surface area contributed by atoms with Gasteiger partial charge < -0.3 is 15.3 Å². The third-order valence-electron chi connectivity index (χ3n) is 4.83. The summed E-state index contributed by atoms with van der Waals surface area (Å²) in [6, 6.07) is 11.4. The SMILES string of the molecule is CCc1ccc(C(=O)Nc2cccnc2N2CCC(CO)CC2)cc1. The molecule has 0 radical (unpaired) electrons. The van der Waals surface area contributed by atoms with Gasteiger partial charge >= 0.3 is 0 Å². The summed E-state index contributed by atoms with van der Waals surface area (Å²) in [6.45, 7) is 4.02. The number of piperidine rings is 1. The Labute approximate surface area is 148 Å². The molecule has 132 valence electrons. The zero-order valence-electron chi connectivity index (χ0n) is 14.6. The largest absolute Gasteiger partial charge is 0.396 e. The second-order valence-corrected chi connectivity index (χ2v) is 6.49. The van der Waals surface area contributed by atoms with E-state index in [4.69, 9.17) is 0 Å². The number of pyridine rings is 1. The Bertz CT molecular complexity index is 707. The van der Waals surface area contributed by atoms with E-state index < -0.39 is 0 Å². The minimum atomic E-state index is -0.123. The van der Waals surface area contributed by atoms with E-state index in [2.05, 4.69) is 22.1 Å². The number of amides is 1. The highest BCUT2D eigenvalue weighted by atomic mass is 16.3. The number of benzene rings is 1. The minimum absolute atomic E-state index is 0.123. The van der Waals surface area contributed by atoms with E-state index >= 15 is 0 Å². The van der Waals surface area contributed by atoms with Crippen LogP contribution in [0.1, 0.15) is 35.7 Å². The Hall–Kier alpha value is -2.40. The molecule has 0 atom stereocenters. The molecule has 0 bridgehead atoms. The number of aryl methyl sites for hydroxylation is 1. The first-order valence-corrected chi connectivity index (χ1v) is 8.92. The first-order valence-electron chi connectivity index (χ1n) is 8.92. The number of hydrogen-bond acceptors (Lipinski definition) is 4. The molecule has 1 aliphatic rings. The Morgan fingerprint density at radius 1 is 1.24 bits per heavy atom. The van der Waals surface area contributed by atoms with Crippen molar-refractivity contribution in [2.24, 2.45) is 5.92 Å². The molecule has 5 nitrogen and oxygen atoms in total. The maximum atomic E-state index is 12.6. The highest BCUT2D eigenvalue weighted by molar-refractivity contribution is 6.05. The van der Waals surface area contributed by atoms with Crippen LogP contribution in [-0.4, -0.2) is 35.7 Å². The van der Waals surface area contributed by atoms with E-state index in [-0.39, 0.29) is 12.5 Å². The summed E-state index contributed by atoms with van der Waals surface area (Å²) in [7, 11) is 0. The molecule has 25 heavy (non-hydrogen) atoms. The number of hydrogen-bond donors (Lipinski definition) is 2. The van der Waals surface area contributed by atoms with Gasteiger partial charge in [-0.25, -0.2) is 4.98 Å². The number of nitrogens with one attached hydrogen (secondary N) is 1. The number of aliphatic hydroxyl groups is 1. The van der Waals surface area contributed by atoms with Crippen LogP contribution in [0, 0.1) is 5.92 Å². The van der Waals surface area contributed by atoms with Crippen molar-refractivity contribution < 1.29 is 9.90 Å². The monoisotopic (exact) mass is 339 g/mol. The van der Waals surface area contributed by atoms with Crippen LogP contribution < -0.4 is 10.2 Å². The molecule has 1 fully saturated rings. The molecule has 1 amide bonds. The fourth-order valence-electron chi connectivity index (χ4n) is 3.16. The van der Waals surface area contributed by atoms with Gasteiger partial charge in [-0.05, 0) is 55.0 Å². The predicted octanol–water partition coefficient (Wildman–Crippen LogP) is 3.11. The average Bonchev–Trinajstić information content (AvgIpc) is 2.68. The first-order chi connectivity index (χ1) is 12.2. The van der Waals surface area contributed by atoms with Crippen molar-refractivity contribution >= 4 is 17.4 Å². The van der Waals surface area contributed by atoms with Crippen molar-refractivity contribution in [3.05, 3.63) is 53.7 Å². The molecule has 1 aromatic heterocycles. The molecule has 0 spiro atoms. The zero-order chi connectivity index (χ0) is 17.6. The van der Waals surface area contributed by atoms with Crippen LogP contribution in [0.4, 0.5) is 11.5 Å². The Kier molecular flexibility index (Phi) is 5.66. The van der Waals surface area contributed by atoms with Gasteiger partial charge in [-0.2, -0.15) is 0 Å². The Morgan fingerprint density at radius 2 is 1.96 bits per heavy atom. The first kappa shape index (κ1) is 17.4. The van der Waals surface area contributed by atoms with Crippen LogP contribution in [0.5, 0.6) is 0 Å². The predicted molar refractivity (Wildman–Crippen MR) is 100 cm³/mol. The second-order valence-electron chi connectivity index (χ2n) is 6.49. The standard InChI is InChI=1S/C20H25N3O2/c1-2-15-5-7-17(8-6-15)20(25)22-18-4-3-11-21-19(18)23-12-9-16(14-24)10-13-23/h3-8,11,16,24H,2,9-10,12-14H2,1H3,(H,22,25). The molecule has 0 unspecified atom stereocenters. The Balaban J connectivity index is 1.73. The molecule has 5 heteroatoms. The van der Waals surface area contributed by atoms with Crippen molar-refractivity contribution in [1.29, 1.82) is 0 Å². The fraction of sp³-hybridized carbons (Fsp3) is 0.400. The van der Waals surface area contributed by atoms with Crippen LogP contribution in [0.15, 0.2) is 42.6 Å². The molecule has 1 saturated heterocycles. The van der Waals surface area contributed by atoms with Gasteiger partial charge in [0, 0.05) is 31.5 Å².